The molecule has 0 radical (unpaired) electrons. The second-order valence-electron chi connectivity index (χ2n) is 6.85. The Balaban J connectivity index is 2.40. The Labute approximate surface area is 151 Å². The van der Waals surface area contributed by atoms with E-state index in [0.29, 0.717) is 11.3 Å². The van der Waals surface area contributed by atoms with Crippen LogP contribution in [0.1, 0.15) is 26.3 Å². The smallest absolute Gasteiger partial charge is 0.270 e. The van der Waals surface area contributed by atoms with Gasteiger partial charge in [-0.1, -0.05) is 6.07 Å². The Bertz CT molecular complexity index is 802. The van der Waals surface area contributed by atoms with E-state index >= 15 is 0 Å². The van der Waals surface area contributed by atoms with Crippen LogP contribution in [0.2, 0.25) is 0 Å². The highest BCUT2D eigenvalue weighted by atomic mass is 32.2. The number of benzene rings is 1. The van der Waals surface area contributed by atoms with Crippen molar-refractivity contribution in [2.45, 2.75) is 44.2 Å². The first kappa shape index (κ1) is 19.7. The van der Waals surface area contributed by atoms with Crippen molar-refractivity contribution in [2.24, 2.45) is 0 Å². The van der Waals surface area contributed by atoms with Gasteiger partial charge in [0.25, 0.3) is 5.69 Å². The fourth-order valence-corrected chi connectivity index (χ4v) is 5.83. The molecular formula is C15H21N3O5S2. The molecule has 1 saturated heterocycles. The van der Waals surface area contributed by atoms with Gasteiger partial charge in [-0.05, 0) is 33.3 Å². The number of aryl methyl sites for hydroxylation is 1. The number of nitrogens with zero attached hydrogens (tertiary/aromatic N) is 2. The molecule has 138 valence electrons. The molecule has 1 aliphatic rings. The van der Waals surface area contributed by atoms with Gasteiger partial charge < -0.3 is 5.32 Å². The van der Waals surface area contributed by atoms with Gasteiger partial charge in [0.1, 0.15) is 6.04 Å². The first-order chi connectivity index (χ1) is 11.4. The minimum Gasteiger partial charge on any atom is -0.350 e. The van der Waals surface area contributed by atoms with Crippen LogP contribution >= 0.6 is 11.8 Å². The summed E-state index contributed by atoms with van der Waals surface area (Å²) in [6, 6.07) is 2.87. The van der Waals surface area contributed by atoms with E-state index < -0.39 is 26.5 Å². The molecule has 1 unspecified atom stereocenters. The van der Waals surface area contributed by atoms with Gasteiger partial charge in [0.05, 0.1) is 15.7 Å². The van der Waals surface area contributed by atoms with Crippen LogP contribution < -0.4 is 5.32 Å². The van der Waals surface area contributed by atoms with E-state index in [2.05, 4.69) is 5.32 Å². The van der Waals surface area contributed by atoms with Gasteiger partial charge in [-0.15, -0.1) is 11.8 Å². The summed E-state index contributed by atoms with van der Waals surface area (Å²) in [6.45, 7) is 7.02. The maximum atomic E-state index is 13.0. The lowest BCUT2D eigenvalue weighted by Gasteiger charge is -2.27. The lowest BCUT2D eigenvalue weighted by atomic mass is 10.1. The van der Waals surface area contributed by atoms with E-state index in [1.807, 2.05) is 20.8 Å². The Hall–Kier alpha value is -1.65. The number of non-ortho nitro benzene ring substituents is 1. The number of carbonyl (C=O) groups excluding carboxylic acids is 1. The molecule has 1 amide bonds. The van der Waals surface area contributed by atoms with Crippen LogP contribution in [0.5, 0.6) is 0 Å². The molecule has 1 aliphatic heterocycles. The summed E-state index contributed by atoms with van der Waals surface area (Å²) in [6.07, 6.45) is 0. The number of amides is 1. The standard InChI is InChI=1S/C15H21N3O5S2/c1-10-5-6-11(18(20)21)7-13(10)25(22,23)17-9-24-8-12(17)14(19)16-15(2,3)4/h5-7,12H,8-9H2,1-4H3,(H,16,19). The molecule has 25 heavy (non-hydrogen) atoms. The first-order valence-electron chi connectivity index (χ1n) is 7.60. The van der Waals surface area contributed by atoms with Gasteiger partial charge >= 0.3 is 0 Å². The van der Waals surface area contributed by atoms with Crippen molar-refractivity contribution in [2.75, 3.05) is 11.6 Å². The van der Waals surface area contributed by atoms with Gasteiger partial charge in [0.15, 0.2) is 0 Å². The first-order valence-corrected chi connectivity index (χ1v) is 10.2. The van der Waals surface area contributed by atoms with Crippen LogP contribution in [0.25, 0.3) is 0 Å². The molecule has 0 aromatic heterocycles. The summed E-state index contributed by atoms with van der Waals surface area (Å²) < 4.78 is 27.2. The van der Waals surface area contributed by atoms with Crippen molar-refractivity contribution >= 4 is 33.4 Å². The van der Waals surface area contributed by atoms with Crippen LogP contribution in [0.15, 0.2) is 23.1 Å². The van der Waals surface area contributed by atoms with E-state index in [4.69, 9.17) is 0 Å². The van der Waals surface area contributed by atoms with Crippen molar-refractivity contribution in [1.82, 2.24) is 9.62 Å². The summed E-state index contributed by atoms with van der Waals surface area (Å²) in [4.78, 5) is 22.7. The molecule has 8 nitrogen and oxygen atoms in total. The fraction of sp³-hybridized carbons (Fsp3) is 0.533. The van der Waals surface area contributed by atoms with Crippen LogP contribution in [0, 0.1) is 17.0 Å². The summed E-state index contributed by atoms with van der Waals surface area (Å²) in [5.74, 6) is 0.103. The third-order valence-corrected chi connectivity index (χ3v) is 6.78. The number of carbonyl (C=O) groups is 1. The lowest BCUT2D eigenvalue weighted by Crippen LogP contribution is -2.52. The van der Waals surface area contributed by atoms with E-state index in [0.717, 1.165) is 10.4 Å². The second-order valence-corrected chi connectivity index (χ2v) is 9.71. The molecule has 1 aromatic rings. The van der Waals surface area contributed by atoms with Gasteiger partial charge in [-0.3, -0.25) is 14.9 Å². The molecule has 1 fully saturated rings. The Morgan fingerprint density at radius 1 is 1.40 bits per heavy atom. The molecule has 10 heteroatoms. The topological polar surface area (TPSA) is 110 Å². The second kappa shape index (κ2) is 6.93. The summed E-state index contributed by atoms with van der Waals surface area (Å²) in [7, 11) is -4.03. The normalized spacial score (nSPS) is 19.0. The predicted molar refractivity (Wildman–Crippen MR) is 95.9 cm³/mol. The zero-order valence-electron chi connectivity index (χ0n) is 14.5. The maximum Gasteiger partial charge on any atom is 0.270 e. The molecule has 0 bridgehead atoms. The molecule has 1 N–H and O–H groups in total. The monoisotopic (exact) mass is 387 g/mol. The number of nitro benzene ring substituents is 1. The van der Waals surface area contributed by atoms with Crippen LogP contribution in [0.3, 0.4) is 0 Å². The number of sulfonamides is 1. The number of hydrogen-bond donors (Lipinski definition) is 1. The van der Waals surface area contributed by atoms with E-state index in [1.165, 1.54) is 23.9 Å². The van der Waals surface area contributed by atoms with Crippen LogP contribution in [0.4, 0.5) is 5.69 Å². The van der Waals surface area contributed by atoms with Gasteiger partial charge in [-0.25, -0.2) is 8.42 Å². The van der Waals surface area contributed by atoms with Crippen molar-refractivity contribution in [3.8, 4) is 0 Å². The molecule has 2 rings (SSSR count). The SMILES string of the molecule is Cc1ccc([N+](=O)[O-])cc1S(=O)(=O)N1CSCC1C(=O)NC(C)(C)C. The quantitative estimate of drug-likeness (QED) is 0.624. The van der Waals surface area contributed by atoms with E-state index in [9.17, 15) is 23.3 Å². The molecule has 0 spiro atoms. The molecule has 0 aliphatic carbocycles. The van der Waals surface area contributed by atoms with E-state index in [1.54, 1.807) is 6.92 Å². The fourth-order valence-electron chi connectivity index (χ4n) is 2.43. The zero-order chi connectivity index (χ0) is 19.0. The largest absolute Gasteiger partial charge is 0.350 e. The highest BCUT2D eigenvalue weighted by Crippen LogP contribution is 2.31. The maximum absolute atomic E-state index is 13.0. The molecular weight excluding hydrogens is 366 g/mol. The molecule has 1 atom stereocenters. The van der Waals surface area contributed by atoms with Crippen LogP contribution in [-0.2, 0) is 14.8 Å². The Morgan fingerprint density at radius 2 is 2.04 bits per heavy atom. The predicted octanol–water partition coefficient (Wildman–Crippen LogP) is 1.88. The average Bonchev–Trinajstić information content (AvgIpc) is 2.95. The number of nitrogens with one attached hydrogen (secondary N) is 1. The molecule has 1 heterocycles. The molecule has 1 aromatic carbocycles. The van der Waals surface area contributed by atoms with Crippen LogP contribution in [-0.4, -0.2) is 46.8 Å². The minimum atomic E-state index is -4.03. The highest BCUT2D eigenvalue weighted by molar-refractivity contribution is 8.00. The lowest BCUT2D eigenvalue weighted by molar-refractivity contribution is -0.385. The van der Waals surface area contributed by atoms with Crippen molar-refractivity contribution in [3.63, 3.8) is 0 Å². The van der Waals surface area contributed by atoms with Gasteiger partial charge in [-0.2, -0.15) is 4.31 Å². The third-order valence-electron chi connectivity index (χ3n) is 3.61. The van der Waals surface area contributed by atoms with Crippen molar-refractivity contribution in [1.29, 1.82) is 0 Å². The summed E-state index contributed by atoms with van der Waals surface area (Å²) in [5, 5.41) is 13.8. The zero-order valence-corrected chi connectivity index (χ0v) is 16.1. The number of rotatable bonds is 4. The third kappa shape index (κ3) is 4.31. The average molecular weight is 387 g/mol. The number of thioether (sulfide) groups is 1. The van der Waals surface area contributed by atoms with E-state index in [-0.39, 0.29) is 22.4 Å². The summed E-state index contributed by atoms with van der Waals surface area (Å²) in [5.41, 5.74) is -0.384. The Morgan fingerprint density at radius 3 is 2.60 bits per heavy atom. The number of nitro groups is 1. The van der Waals surface area contributed by atoms with Gasteiger partial charge in [0.2, 0.25) is 15.9 Å². The van der Waals surface area contributed by atoms with Crippen molar-refractivity contribution < 1.29 is 18.1 Å². The van der Waals surface area contributed by atoms with Crippen molar-refractivity contribution in [3.05, 3.63) is 33.9 Å². The summed E-state index contributed by atoms with van der Waals surface area (Å²) >= 11 is 1.33. The Kier molecular flexibility index (Phi) is 5.45. The minimum absolute atomic E-state index is 0.132. The number of hydrogen-bond acceptors (Lipinski definition) is 6. The highest BCUT2D eigenvalue weighted by Gasteiger charge is 2.41. The molecule has 0 saturated carbocycles. The van der Waals surface area contributed by atoms with Gasteiger partial charge in [0, 0.05) is 23.4 Å².